The zero-order valence-corrected chi connectivity index (χ0v) is 14.5. The molecule has 2 aromatic rings. The summed E-state index contributed by atoms with van der Waals surface area (Å²) < 4.78 is 27.7. The largest absolute Gasteiger partial charge is 0.395 e. The van der Waals surface area contributed by atoms with Crippen molar-refractivity contribution in [1.29, 1.82) is 0 Å². The van der Waals surface area contributed by atoms with E-state index in [1.807, 2.05) is 37.3 Å². The highest BCUT2D eigenvalue weighted by atomic mass is 35.5. The zero-order valence-electron chi connectivity index (χ0n) is 12.1. The van der Waals surface area contributed by atoms with E-state index in [4.69, 9.17) is 11.6 Å². The van der Waals surface area contributed by atoms with E-state index in [1.165, 1.54) is 10.4 Å². The summed E-state index contributed by atoms with van der Waals surface area (Å²) in [6.45, 7) is 1.86. The Morgan fingerprint density at radius 1 is 1.23 bits per heavy atom. The first kappa shape index (κ1) is 17.4. The maximum atomic E-state index is 12.9. The number of rotatable bonds is 7. The first-order valence-electron chi connectivity index (χ1n) is 6.91. The van der Waals surface area contributed by atoms with Gasteiger partial charge in [-0.05, 0) is 24.1 Å². The molecule has 0 aliphatic heterocycles. The van der Waals surface area contributed by atoms with Crippen molar-refractivity contribution in [1.82, 2.24) is 4.31 Å². The predicted octanol–water partition coefficient (Wildman–Crippen LogP) is 3.36. The summed E-state index contributed by atoms with van der Waals surface area (Å²) in [7, 11) is -3.69. The van der Waals surface area contributed by atoms with E-state index in [0.717, 1.165) is 16.9 Å². The molecular weight excluding hydrogens is 342 g/mol. The van der Waals surface area contributed by atoms with Crippen molar-refractivity contribution in [2.75, 3.05) is 6.61 Å². The Morgan fingerprint density at radius 3 is 2.41 bits per heavy atom. The standard InChI is InChI=1S/C15H18ClNO3S2/c1-2-13(11-18)17(10-12-6-4-3-5-7-12)22(19,20)15-9-8-14(16)21-15/h3-9,13,18H,2,10-11H2,1H3/t13-/m0/s1. The second-order valence-electron chi connectivity index (χ2n) is 4.84. The van der Waals surface area contributed by atoms with Crippen LogP contribution in [0.15, 0.2) is 46.7 Å². The van der Waals surface area contributed by atoms with Crippen LogP contribution < -0.4 is 0 Å². The van der Waals surface area contributed by atoms with Crippen LogP contribution >= 0.6 is 22.9 Å². The number of sulfonamides is 1. The fourth-order valence-electron chi connectivity index (χ4n) is 2.15. The van der Waals surface area contributed by atoms with Crippen molar-refractivity contribution in [2.45, 2.75) is 30.1 Å². The molecule has 0 unspecified atom stereocenters. The van der Waals surface area contributed by atoms with E-state index < -0.39 is 16.1 Å². The highest BCUT2D eigenvalue weighted by Gasteiger charge is 2.31. The molecule has 1 aromatic carbocycles. The van der Waals surface area contributed by atoms with Crippen LogP contribution in [0.5, 0.6) is 0 Å². The van der Waals surface area contributed by atoms with Gasteiger partial charge < -0.3 is 5.11 Å². The van der Waals surface area contributed by atoms with Crippen molar-refractivity contribution in [3.05, 3.63) is 52.4 Å². The van der Waals surface area contributed by atoms with Gasteiger partial charge in [-0.3, -0.25) is 0 Å². The van der Waals surface area contributed by atoms with Crippen LogP contribution in [0.3, 0.4) is 0 Å². The van der Waals surface area contributed by atoms with Crippen LogP contribution in [-0.4, -0.2) is 30.5 Å². The molecule has 4 nitrogen and oxygen atoms in total. The van der Waals surface area contributed by atoms with Gasteiger partial charge in [0.15, 0.2) is 0 Å². The smallest absolute Gasteiger partial charge is 0.253 e. The van der Waals surface area contributed by atoms with Gasteiger partial charge >= 0.3 is 0 Å². The summed E-state index contributed by atoms with van der Waals surface area (Å²) in [6.07, 6.45) is 0.529. The second kappa shape index (κ2) is 7.57. The molecule has 1 N–H and O–H groups in total. The number of aliphatic hydroxyl groups excluding tert-OH is 1. The Kier molecular flexibility index (Phi) is 6.00. The van der Waals surface area contributed by atoms with Crippen LogP contribution in [0, 0.1) is 0 Å². The van der Waals surface area contributed by atoms with Crippen LogP contribution in [0.25, 0.3) is 0 Å². The molecule has 0 spiro atoms. The number of thiophene rings is 1. The maximum absolute atomic E-state index is 12.9. The van der Waals surface area contributed by atoms with Gasteiger partial charge in [0, 0.05) is 12.6 Å². The molecule has 1 aromatic heterocycles. The second-order valence-corrected chi connectivity index (χ2v) is 8.67. The van der Waals surface area contributed by atoms with E-state index >= 15 is 0 Å². The molecule has 1 heterocycles. The van der Waals surface area contributed by atoms with Gasteiger partial charge in [0.2, 0.25) is 0 Å². The highest BCUT2D eigenvalue weighted by molar-refractivity contribution is 7.91. The molecule has 0 amide bonds. The number of hydrogen-bond acceptors (Lipinski definition) is 4. The summed E-state index contributed by atoms with van der Waals surface area (Å²) in [5.74, 6) is 0. The molecule has 0 bridgehead atoms. The number of benzene rings is 1. The summed E-state index contributed by atoms with van der Waals surface area (Å²) in [5.41, 5.74) is 0.876. The van der Waals surface area contributed by atoms with Gasteiger partial charge in [-0.25, -0.2) is 8.42 Å². The Balaban J connectivity index is 2.39. The summed E-state index contributed by atoms with van der Waals surface area (Å²) in [5, 5.41) is 9.56. The number of hydrogen-bond donors (Lipinski definition) is 1. The molecule has 120 valence electrons. The van der Waals surface area contributed by atoms with Gasteiger partial charge in [-0.2, -0.15) is 4.31 Å². The van der Waals surface area contributed by atoms with Gasteiger partial charge in [0.05, 0.1) is 10.9 Å². The molecule has 7 heteroatoms. The van der Waals surface area contributed by atoms with E-state index in [9.17, 15) is 13.5 Å². The highest BCUT2D eigenvalue weighted by Crippen LogP contribution is 2.30. The van der Waals surface area contributed by atoms with Crippen LogP contribution in [0.4, 0.5) is 0 Å². The lowest BCUT2D eigenvalue weighted by atomic mass is 10.2. The van der Waals surface area contributed by atoms with Crippen LogP contribution in [0.2, 0.25) is 4.34 Å². The topological polar surface area (TPSA) is 57.6 Å². The average Bonchev–Trinajstić information content (AvgIpc) is 2.96. The minimum Gasteiger partial charge on any atom is -0.395 e. The first-order valence-corrected chi connectivity index (χ1v) is 9.54. The lowest BCUT2D eigenvalue weighted by Crippen LogP contribution is -2.41. The summed E-state index contributed by atoms with van der Waals surface area (Å²) in [4.78, 5) is 0. The number of aliphatic hydroxyl groups is 1. The normalized spacial score (nSPS) is 13.5. The molecule has 1 atom stereocenters. The van der Waals surface area contributed by atoms with Gasteiger partial charge in [-0.15, -0.1) is 11.3 Å². The molecule has 22 heavy (non-hydrogen) atoms. The van der Waals surface area contributed by atoms with Gasteiger partial charge in [0.1, 0.15) is 4.21 Å². The Bertz CT molecular complexity index is 697. The third-order valence-electron chi connectivity index (χ3n) is 3.38. The summed E-state index contributed by atoms with van der Waals surface area (Å²) >= 11 is 6.89. The van der Waals surface area contributed by atoms with E-state index in [2.05, 4.69) is 0 Å². The van der Waals surface area contributed by atoms with E-state index in [-0.39, 0.29) is 17.4 Å². The predicted molar refractivity (Wildman–Crippen MR) is 89.7 cm³/mol. The molecule has 0 saturated carbocycles. The van der Waals surface area contributed by atoms with E-state index in [0.29, 0.717) is 10.8 Å². The fraction of sp³-hybridized carbons (Fsp3) is 0.333. The SMILES string of the molecule is CC[C@@H](CO)N(Cc1ccccc1)S(=O)(=O)c1ccc(Cl)s1. The third-order valence-corrected chi connectivity index (χ3v) is 6.98. The van der Waals surface area contributed by atoms with Crippen molar-refractivity contribution in [3.63, 3.8) is 0 Å². The van der Waals surface area contributed by atoms with E-state index in [1.54, 1.807) is 6.07 Å². The van der Waals surface area contributed by atoms with Crippen molar-refractivity contribution in [3.8, 4) is 0 Å². The number of nitrogens with zero attached hydrogens (tertiary/aromatic N) is 1. The molecule has 0 aliphatic rings. The van der Waals surface area contributed by atoms with Crippen LogP contribution in [-0.2, 0) is 16.6 Å². The maximum Gasteiger partial charge on any atom is 0.253 e. The third kappa shape index (κ3) is 3.88. The molecule has 0 fully saturated rings. The zero-order chi connectivity index (χ0) is 16.2. The quantitative estimate of drug-likeness (QED) is 0.824. The van der Waals surface area contributed by atoms with Crippen molar-refractivity contribution in [2.24, 2.45) is 0 Å². The average molecular weight is 360 g/mol. The Labute approximate surface area is 140 Å². The lowest BCUT2D eigenvalue weighted by Gasteiger charge is -2.28. The molecule has 2 rings (SSSR count). The van der Waals surface area contributed by atoms with Gasteiger partial charge in [-0.1, -0.05) is 48.9 Å². The van der Waals surface area contributed by atoms with Crippen molar-refractivity contribution >= 4 is 33.0 Å². The van der Waals surface area contributed by atoms with Crippen LogP contribution in [0.1, 0.15) is 18.9 Å². The fourth-order valence-corrected chi connectivity index (χ4v) is 5.44. The molecule has 0 radical (unpaired) electrons. The lowest BCUT2D eigenvalue weighted by molar-refractivity contribution is 0.179. The number of halogens is 1. The summed E-state index contributed by atoms with van der Waals surface area (Å²) in [6, 6.07) is 12.0. The van der Waals surface area contributed by atoms with Crippen molar-refractivity contribution < 1.29 is 13.5 Å². The molecule has 0 saturated heterocycles. The van der Waals surface area contributed by atoms with Gasteiger partial charge in [0.25, 0.3) is 10.0 Å². The molecular formula is C15H18ClNO3S2. The monoisotopic (exact) mass is 359 g/mol. The first-order chi connectivity index (χ1) is 10.5. The minimum absolute atomic E-state index is 0.195. The minimum atomic E-state index is -3.69. The molecule has 0 aliphatic carbocycles. The Morgan fingerprint density at radius 2 is 1.91 bits per heavy atom. The Hall–Kier alpha value is -0.920.